The first-order valence-corrected chi connectivity index (χ1v) is 1.74. The van der Waals surface area contributed by atoms with E-state index in [-0.39, 0.29) is 0 Å². The molecular formula is CHClFSi. The van der Waals surface area contributed by atoms with Gasteiger partial charge in [-0.15, -0.1) is 0 Å². The van der Waals surface area contributed by atoms with E-state index >= 15 is 0 Å². The van der Waals surface area contributed by atoms with Gasteiger partial charge < -0.3 is 0 Å². The molecule has 0 aromatic rings. The van der Waals surface area contributed by atoms with Crippen LogP contribution >= 0.6 is 11.6 Å². The molecule has 0 spiro atoms. The van der Waals surface area contributed by atoms with Crippen molar-refractivity contribution >= 4 is 21.8 Å². The van der Waals surface area contributed by atoms with Gasteiger partial charge in [0.2, 0.25) is 0 Å². The zero-order chi connectivity index (χ0) is 3.58. The third-order valence-electron chi connectivity index (χ3n) is 0. The molecular weight excluding hydrogens is 94.5 g/mol. The van der Waals surface area contributed by atoms with Crippen molar-refractivity contribution in [3.8, 4) is 0 Å². The molecule has 0 saturated carbocycles. The maximum absolute atomic E-state index is 10.7. The van der Waals surface area contributed by atoms with Crippen molar-refractivity contribution in [1.29, 1.82) is 0 Å². The maximum Gasteiger partial charge on any atom is 0.152 e. The number of alkyl halides is 2. The van der Waals surface area contributed by atoms with Crippen LogP contribution in [0, 0.1) is 0 Å². The first-order chi connectivity index (χ1) is 1.73. The topological polar surface area (TPSA) is 0 Å². The van der Waals surface area contributed by atoms with Gasteiger partial charge in [-0.3, -0.25) is 0 Å². The Bertz CT molecular complexity index is 12.8. The SMILES string of the molecule is FC([Si])Cl. The minimum absolute atomic E-state index is 1.39. The van der Waals surface area contributed by atoms with Gasteiger partial charge in [0, 0.05) is 0 Å². The first-order valence-electron chi connectivity index (χ1n) is 0.725. The summed E-state index contributed by atoms with van der Waals surface area (Å²) in [6.45, 7) is 0. The van der Waals surface area contributed by atoms with Gasteiger partial charge in [0.05, 0.1) is 10.2 Å². The van der Waals surface area contributed by atoms with Crippen LogP contribution in [0.15, 0.2) is 0 Å². The first kappa shape index (κ1) is 4.44. The minimum Gasteiger partial charge on any atom is -0.235 e. The van der Waals surface area contributed by atoms with Crippen LogP contribution in [-0.4, -0.2) is 15.5 Å². The average Bonchev–Trinajstić information content (AvgIpc) is 0.811. The summed E-state index contributed by atoms with van der Waals surface area (Å²) in [5, 5.41) is -1.39. The van der Waals surface area contributed by atoms with Crippen molar-refractivity contribution in [2.24, 2.45) is 0 Å². The van der Waals surface area contributed by atoms with Crippen molar-refractivity contribution in [3.63, 3.8) is 0 Å². The molecule has 0 aromatic heterocycles. The summed E-state index contributed by atoms with van der Waals surface area (Å²) in [6.07, 6.45) is 0. The molecule has 0 aromatic carbocycles. The quantitative estimate of drug-likeness (QED) is 0.306. The summed E-state index contributed by atoms with van der Waals surface area (Å²) in [5.74, 6) is 0. The Morgan fingerprint density at radius 1 is 2.00 bits per heavy atom. The van der Waals surface area contributed by atoms with Crippen LogP contribution in [0.4, 0.5) is 4.39 Å². The Morgan fingerprint density at radius 3 is 2.00 bits per heavy atom. The molecule has 0 heterocycles. The Balaban J connectivity index is 2.32. The third kappa shape index (κ3) is 26.4. The zero-order valence-corrected chi connectivity index (χ0v) is 3.59. The largest absolute Gasteiger partial charge is 0.235 e. The molecule has 0 amide bonds. The van der Waals surface area contributed by atoms with Crippen molar-refractivity contribution in [1.82, 2.24) is 0 Å². The summed E-state index contributed by atoms with van der Waals surface area (Å²) in [4.78, 5) is 0. The Hall–Kier alpha value is 0.437. The van der Waals surface area contributed by atoms with E-state index in [9.17, 15) is 4.39 Å². The molecule has 23 valence electrons. The van der Waals surface area contributed by atoms with Crippen molar-refractivity contribution in [2.45, 2.75) is 5.25 Å². The fourth-order valence-electron chi connectivity index (χ4n) is 0. The maximum atomic E-state index is 10.7. The molecule has 0 aliphatic rings. The highest BCUT2D eigenvalue weighted by Crippen LogP contribution is 1.83. The monoisotopic (exact) mass is 95.0 g/mol. The lowest BCUT2D eigenvalue weighted by atomic mass is 11.8. The molecule has 0 fully saturated rings. The van der Waals surface area contributed by atoms with Gasteiger partial charge in [-0.2, -0.15) is 0 Å². The highest BCUT2D eigenvalue weighted by molar-refractivity contribution is 6.39. The lowest BCUT2D eigenvalue weighted by Crippen LogP contribution is -1.78. The van der Waals surface area contributed by atoms with Crippen LogP contribution in [0.3, 0.4) is 0 Å². The summed E-state index contributed by atoms with van der Waals surface area (Å²) in [7, 11) is 2.41. The molecule has 0 nitrogen and oxygen atoms in total. The molecule has 3 heteroatoms. The molecule has 4 heavy (non-hydrogen) atoms. The summed E-state index contributed by atoms with van der Waals surface area (Å²) in [5.41, 5.74) is 0. The Kier molecular flexibility index (Phi) is 1.92. The molecule has 0 aliphatic heterocycles. The lowest BCUT2D eigenvalue weighted by Gasteiger charge is -1.70. The lowest BCUT2D eigenvalue weighted by molar-refractivity contribution is 0.552. The van der Waals surface area contributed by atoms with Gasteiger partial charge in [0.15, 0.2) is 5.25 Å². The average molecular weight is 95.6 g/mol. The molecule has 0 aliphatic carbocycles. The fourth-order valence-corrected chi connectivity index (χ4v) is 0. The Morgan fingerprint density at radius 2 is 2.00 bits per heavy atom. The standard InChI is InChI=1S/CHClFSi/c2-1(3)4/h1H. The van der Waals surface area contributed by atoms with Gasteiger partial charge in [-0.25, -0.2) is 4.39 Å². The molecule has 0 bridgehead atoms. The van der Waals surface area contributed by atoms with Crippen molar-refractivity contribution in [2.75, 3.05) is 0 Å². The number of hydrogen-bond donors (Lipinski definition) is 0. The molecule has 1 unspecified atom stereocenters. The van der Waals surface area contributed by atoms with Crippen molar-refractivity contribution < 1.29 is 4.39 Å². The predicted octanol–water partition coefficient (Wildman–Crippen LogP) is 0.647. The van der Waals surface area contributed by atoms with Gasteiger partial charge in [-0.05, 0) is 0 Å². The highest BCUT2D eigenvalue weighted by Gasteiger charge is 1.78. The second kappa shape index (κ2) is 1.73. The van der Waals surface area contributed by atoms with E-state index in [0.29, 0.717) is 0 Å². The van der Waals surface area contributed by atoms with E-state index in [1.165, 1.54) is 0 Å². The van der Waals surface area contributed by atoms with Crippen LogP contribution in [0.2, 0.25) is 0 Å². The van der Waals surface area contributed by atoms with E-state index in [1.54, 1.807) is 0 Å². The molecule has 0 N–H and O–H groups in total. The van der Waals surface area contributed by atoms with E-state index in [1.807, 2.05) is 0 Å². The molecule has 3 radical (unpaired) electrons. The normalized spacial score (nSPS) is 15.8. The minimum atomic E-state index is -1.39. The molecule has 0 rings (SSSR count). The molecule has 1 atom stereocenters. The van der Waals surface area contributed by atoms with E-state index in [0.717, 1.165) is 0 Å². The van der Waals surface area contributed by atoms with Gasteiger partial charge in [0.25, 0.3) is 0 Å². The molecule has 0 saturated heterocycles. The van der Waals surface area contributed by atoms with Crippen LogP contribution in [0.25, 0.3) is 0 Å². The predicted molar refractivity (Wildman–Crippen MR) is 16.5 cm³/mol. The van der Waals surface area contributed by atoms with Gasteiger partial charge in [0.1, 0.15) is 0 Å². The second-order valence-corrected chi connectivity index (χ2v) is 1.56. The van der Waals surface area contributed by atoms with Gasteiger partial charge >= 0.3 is 0 Å². The second-order valence-electron chi connectivity index (χ2n) is 0.301. The van der Waals surface area contributed by atoms with Gasteiger partial charge in [-0.1, -0.05) is 11.6 Å². The summed E-state index contributed by atoms with van der Waals surface area (Å²) < 4.78 is 10.7. The van der Waals surface area contributed by atoms with Crippen LogP contribution < -0.4 is 0 Å². The number of rotatable bonds is 0. The smallest absolute Gasteiger partial charge is 0.152 e. The van der Waals surface area contributed by atoms with E-state index < -0.39 is 5.25 Å². The fraction of sp³-hybridized carbons (Fsp3) is 1.00. The van der Waals surface area contributed by atoms with Crippen molar-refractivity contribution in [3.05, 3.63) is 0 Å². The van der Waals surface area contributed by atoms with Crippen LogP contribution in [0.1, 0.15) is 0 Å². The highest BCUT2D eigenvalue weighted by atomic mass is 35.5. The van der Waals surface area contributed by atoms with E-state index in [4.69, 9.17) is 0 Å². The van der Waals surface area contributed by atoms with E-state index in [2.05, 4.69) is 21.8 Å². The number of hydrogen-bond acceptors (Lipinski definition) is 0. The zero-order valence-electron chi connectivity index (χ0n) is 1.83. The van der Waals surface area contributed by atoms with Crippen LogP contribution in [0.5, 0.6) is 0 Å². The number of halogens is 2. The Labute approximate surface area is 32.4 Å². The third-order valence-corrected chi connectivity index (χ3v) is 0. The van der Waals surface area contributed by atoms with Crippen LogP contribution in [-0.2, 0) is 0 Å². The summed E-state index contributed by atoms with van der Waals surface area (Å²) in [6, 6.07) is 0. The summed E-state index contributed by atoms with van der Waals surface area (Å²) >= 11 is 4.52.